The number of H-pyrrole nitrogens is 1. The zero-order valence-electron chi connectivity index (χ0n) is 9.99. The van der Waals surface area contributed by atoms with E-state index in [0.717, 1.165) is 18.7 Å². The lowest BCUT2D eigenvalue weighted by atomic mass is 10.2. The van der Waals surface area contributed by atoms with E-state index in [1.165, 1.54) is 6.33 Å². The van der Waals surface area contributed by atoms with Crippen molar-refractivity contribution in [3.63, 3.8) is 0 Å². The molecule has 0 saturated carbocycles. The third-order valence-electron chi connectivity index (χ3n) is 2.53. The van der Waals surface area contributed by atoms with Crippen LogP contribution in [0, 0.1) is 0 Å². The number of carbonyl (C=O) groups excluding carboxylic acids is 1. The lowest BCUT2D eigenvalue weighted by molar-refractivity contribution is 0.0953. The van der Waals surface area contributed by atoms with Gasteiger partial charge in [-0.2, -0.15) is 5.10 Å². The Labute approximate surface area is 120 Å². The van der Waals surface area contributed by atoms with E-state index >= 15 is 0 Å². The molecular formula is C12H12Cl2N4O. The number of aryl methyl sites for hydroxylation is 1. The van der Waals surface area contributed by atoms with Crippen LogP contribution in [0.15, 0.2) is 24.5 Å². The molecule has 0 radical (unpaired) electrons. The van der Waals surface area contributed by atoms with E-state index in [1.54, 1.807) is 18.2 Å². The van der Waals surface area contributed by atoms with Crippen molar-refractivity contribution in [3.8, 4) is 0 Å². The predicted octanol–water partition coefficient (Wildman–Crippen LogP) is 2.47. The second kappa shape index (κ2) is 6.54. The maximum Gasteiger partial charge on any atom is 0.254 e. The van der Waals surface area contributed by atoms with Crippen LogP contribution in [0.4, 0.5) is 0 Å². The van der Waals surface area contributed by atoms with Gasteiger partial charge in [-0.15, -0.1) is 0 Å². The van der Waals surface area contributed by atoms with Crippen LogP contribution in [-0.4, -0.2) is 27.6 Å². The first kappa shape index (κ1) is 13.8. The second-order valence-corrected chi connectivity index (χ2v) is 4.70. The smallest absolute Gasteiger partial charge is 0.254 e. The van der Waals surface area contributed by atoms with Gasteiger partial charge in [0.15, 0.2) is 0 Å². The monoisotopic (exact) mass is 298 g/mol. The second-order valence-electron chi connectivity index (χ2n) is 3.89. The van der Waals surface area contributed by atoms with Gasteiger partial charge in [0.25, 0.3) is 5.91 Å². The predicted molar refractivity (Wildman–Crippen MR) is 73.5 cm³/mol. The van der Waals surface area contributed by atoms with Crippen LogP contribution >= 0.6 is 23.2 Å². The van der Waals surface area contributed by atoms with E-state index < -0.39 is 0 Å². The van der Waals surface area contributed by atoms with Crippen LogP contribution in [0.2, 0.25) is 10.0 Å². The van der Waals surface area contributed by atoms with Gasteiger partial charge >= 0.3 is 0 Å². The molecule has 0 aliphatic heterocycles. The summed E-state index contributed by atoms with van der Waals surface area (Å²) in [7, 11) is 0. The molecule has 1 amide bonds. The molecule has 0 aliphatic carbocycles. The largest absolute Gasteiger partial charge is 0.352 e. The number of aromatic amines is 1. The summed E-state index contributed by atoms with van der Waals surface area (Å²) in [6, 6.07) is 4.97. The van der Waals surface area contributed by atoms with Crippen molar-refractivity contribution in [2.75, 3.05) is 6.54 Å². The zero-order chi connectivity index (χ0) is 13.7. The number of aromatic nitrogens is 3. The van der Waals surface area contributed by atoms with E-state index in [-0.39, 0.29) is 5.91 Å². The minimum atomic E-state index is -0.270. The van der Waals surface area contributed by atoms with Crippen molar-refractivity contribution >= 4 is 29.1 Å². The van der Waals surface area contributed by atoms with Crippen LogP contribution in [-0.2, 0) is 6.42 Å². The maximum absolute atomic E-state index is 11.9. The zero-order valence-corrected chi connectivity index (χ0v) is 11.5. The minimum Gasteiger partial charge on any atom is -0.352 e. The number of carbonyl (C=O) groups is 1. The summed E-state index contributed by atoms with van der Waals surface area (Å²) < 4.78 is 0. The molecule has 7 heteroatoms. The highest BCUT2D eigenvalue weighted by molar-refractivity contribution is 6.39. The molecule has 0 aliphatic rings. The molecule has 0 bridgehead atoms. The highest BCUT2D eigenvalue weighted by Gasteiger charge is 2.13. The molecule has 100 valence electrons. The maximum atomic E-state index is 11.9. The molecule has 1 aromatic heterocycles. The summed E-state index contributed by atoms with van der Waals surface area (Å²) >= 11 is 11.9. The fraction of sp³-hybridized carbons (Fsp3) is 0.250. The van der Waals surface area contributed by atoms with Gasteiger partial charge in [-0.1, -0.05) is 29.3 Å². The molecule has 1 aromatic carbocycles. The normalized spacial score (nSPS) is 10.4. The van der Waals surface area contributed by atoms with Gasteiger partial charge < -0.3 is 5.32 Å². The number of nitrogens with zero attached hydrogens (tertiary/aromatic N) is 2. The molecule has 2 aromatic rings. The highest BCUT2D eigenvalue weighted by Crippen LogP contribution is 2.23. The number of amides is 1. The van der Waals surface area contributed by atoms with E-state index in [0.29, 0.717) is 22.2 Å². The minimum absolute atomic E-state index is 0.270. The van der Waals surface area contributed by atoms with Gasteiger partial charge in [0.1, 0.15) is 12.2 Å². The number of halogens is 2. The SMILES string of the molecule is O=C(NCCCc1ncn[nH]1)c1c(Cl)cccc1Cl. The molecule has 5 nitrogen and oxygen atoms in total. The highest BCUT2D eigenvalue weighted by atomic mass is 35.5. The first-order valence-electron chi connectivity index (χ1n) is 5.75. The standard InChI is InChI=1S/C12H12Cl2N4O/c13-8-3-1-4-9(14)11(8)12(19)15-6-2-5-10-16-7-17-18-10/h1,3-4,7H,2,5-6H2,(H,15,19)(H,16,17,18). The van der Waals surface area contributed by atoms with Crippen molar-refractivity contribution in [2.45, 2.75) is 12.8 Å². The van der Waals surface area contributed by atoms with E-state index in [1.807, 2.05) is 0 Å². The van der Waals surface area contributed by atoms with Crippen LogP contribution in [0.5, 0.6) is 0 Å². The van der Waals surface area contributed by atoms with Gasteiger partial charge in [-0.3, -0.25) is 9.89 Å². The third-order valence-corrected chi connectivity index (χ3v) is 3.16. The fourth-order valence-corrected chi connectivity index (χ4v) is 2.18. The molecule has 0 spiro atoms. The van der Waals surface area contributed by atoms with E-state index in [9.17, 15) is 4.79 Å². The Morgan fingerprint density at radius 3 is 2.68 bits per heavy atom. The number of rotatable bonds is 5. The average Bonchev–Trinajstić information content (AvgIpc) is 2.87. The van der Waals surface area contributed by atoms with Crippen molar-refractivity contribution in [2.24, 2.45) is 0 Å². The summed E-state index contributed by atoms with van der Waals surface area (Å²) in [6.07, 6.45) is 2.93. The van der Waals surface area contributed by atoms with Crippen molar-refractivity contribution < 1.29 is 4.79 Å². The summed E-state index contributed by atoms with van der Waals surface area (Å²) in [5, 5.41) is 9.98. The lowest BCUT2D eigenvalue weighted by Gasteiger charge is -2.07. The molecule has 0 fully saturated rings. The fourth-order valence-electron chi connectivity index (χ4n) is 1.61. The molecule has 2 N–H and O–H groups in total. The number of benzene rings is 1. The topological polar surface area (TPSA) is 70.7 Å². The molecule has 2 rings (SSSR count). The summed E-state index contributed by atoms with van der Waals surface area (Å²) in [5.41, 5.74) is 0.311. The Morgan fingerprint density at radius 1 is 1.32 bits per heavy atom. The Bertz CT molecular complexity index is 537. The molecule has 0 atom stereocenters. The first-order chi connectivity index (χ1) is 9.18. The van der Waals surface area contributed by atoms with Gasteiger partial charge in [-0.05, 0) is 18.6 Å². The van der Waals surface area contributed by atoms with Crippen molar-refractivity contribution in [1.82, 2.24) is 20.5 Å². The van der Waals surface area contributed by atoms with Gasteiger partial charge in [0.2, 0.25) is 0 Å². The van der Waals surface area contributed by atoms with Crippen LogP contribution in [0.25, 0.3) is 0 Å². The van der Waals surface area contributed by atoms with Gasteiger partial charge in [0, 0.05) is 13.0 Å². The Kier molecular flexibility index (Phi) is 4.76. The van der Waals surface area contributed by atoms with Crippen LogP contribution in [0.3, 0.4) is 0 Å². The molecule has 0 saturated heterocycles. The lowest BCUT2D eigenvalue weighted by Crippen LogP contribution is -2.25. The van der Waals surface area contributed by atoms with Crippen molar-refractivity contribution in [3.05, 3.63) is 46.0 Å². The van der Waals surface area contributed by atoms with Crippen molar-refractivity contribution in [1.29, 1.82) is 0 Å². The number of nitrogens with one attached hydrogen (secondary N) is 2. The molecule has 1 heterocycles. The Morgan fingerprint density at radius 2 is 2.05 bits per heavy atom. The Hall–Kier alpha value is -1.59. The number of hydrogen-bond donors (Lipinski definition) is 2. The van der Waals surface area contributed by atoms with E-state index in [2.05, 4.69) is 20.5 Å². The van der Waals surface area contributed by atoms with Gasteiger partial charge in [-0.25, -0.2) is 4.98 Å². The van der Waals surface area contributed by atoms with Crippen LogP contribution in [0.1, 0.15) is 22.6 Å². The van der Waals surface area contributed by atoms with Gasteiger partial charge in [0.05, 0.1) is 15.6 Å². The molecular weight excluding hydrogens is 287 g/mol. The van der Waals surface area contributed by atoms with Crippen LogP contribution < -0.4 is 5.32 Å². The third kappa shape index (κ3) is 3.68. The summed E-state index contributed by atoms with van der Waals surface area (Å²) in [4.78, 5) is 15.9. The summed E-state index contributed by atoms with van der Waals surface area (Å²) in [6.45, 7) is 0.515. The quantitative estimate of drug-likeness (QED) is 0.833. The van der Waals surface area contributed by atoms with E-state index in [4.69, 9.17) is 23.2 Å². The first-order valence-corrected chi connectivity index (χ1v) is 6.50. The average molecular weight is 299 g/mol. The molecule has 19 heavy (non-hydrogen) atoms. The molecule has 0 unspecified atom stereocenters. The summed E-state index contributed by atoms with van der Waals surface area (Å²) in [5.74, 6) is 0.526. The Balaban J connectivity index is 1.84. The number of hydrogen-bond acceptors (Lipinski definition) is 3.